The number of rotatable bonds is 6. The first kappa shape index (κ1) is 19.3. The van der Waals surface area contributed by atoms with Crippen molar-refractivity contribution >= 4 is 34.4 Å². The van der Waals surface area contributed by atoms with Crippen LogP contribution >= 0.6 is 11.3 Å². The number of carbonyl (C=O) groups excluding carboxylic acids is 2. The lowest BCUT2D eigenvalue weighted by Gasteiger charge is -2.08. The molecule has 0 aliphatic rings. The van der Waals surface area contributed by atoms with Gasteiger partial charge in [-0.2, -0.15) is 0 Å². The third kappa shape index (κ3) is 5.05. The molecule has 6 nitrogen and oxygen atoms in total. The summed E-state index contributed by atoms with van der Waals surface area (Å²) in [6.45, 7) is 1.32. The van der Waals surface area contributed by atoms with Crippen LogP contribution < -0.4 is 14.8 Å². The number of nitrogens with zero attached hydrogens (tertiary/aromatic N) is 1. The summed E-state index contributed by atoms with van der Waals surface area (Å²) in [5.41, 5.74) is 2.54. The molecule has 3 rings (SSSR count). The summed E-state index contributed by atoms with van der Waals surface area (Å²) in [4.78, 5) is 27.7. The van der Waals surface area contributed by atoms with E-state index in [0.717, 1.165) is 16.8 Å². The van der Waals surface area contributed by atoms with Crippen LogP contribution in [-0.2, 0) is 9.59 Å². The van der Waals surface area contributed by atoms with Gasteiger partial charge in [0.2, 0.25) is 5.91 Å². The third-order valence-corrected chi connectivity index (χ3v) is 4.43. The number of esters is 1. The number of methoxy groups -OCH3 is 1. The van der Waals surface area contributed by atoms with Crippen LogP contribution in [0, 0.1) is 0 Å². The van der Waals surface area contributed by atoms with Crippen molar-refractivity contribution in [3.05, 3.63) is 65.6 Å². The van der Waals surface area contributed by atoms with Gasteiger partial charge >= 0.3 is 5.97 Å². The lowest BCUT2D eigenvalue weighted by Crippen LogP contribution is -2.07. The Labute approximate surface area is 166 Å². The normalized spacial score (nSPS) is 10.6. The minimum atomic E-state index is -0.431. The summed E-state index contributed by atoms with van der Waals surface area (Å²) >= 11 is 1.36. The quantitative estimate of drug-likeness (QED) is 0.381. The molecule has 3 aromatic rings. The number of benzene rings is 2. The molecule has 0 saturated heterocycles. The number of hydrogen-bond acceptors (Lipinski definition) is 6. The van der Waals surface area contributed by atoms with Gasteiger partial charge in [0.25, 0.3) is 0 Å². The molecule has 1 N–H and O–H groups in total. The molecule has 142 valence electrons. The van der Waals surface area contributed by atoms with Crippen LogP contribution in [0.15, 0.2) is 60.0 Å². The predicted octanol–water partition coefficient (Wildman–Crippen LogP) is 4.40. The Balaban J connectivity index is 1.65. The highest BCUT2D eigenvalue weighted by Gasteiger charge is 2.08. The summed E-state index contributed by atoms with van der Waals surface area (Å²) < 4.78 is 10.3. The van der Waals surface area contributed by atoms with Gasteiger partial charge in [-0.25, -0.2) is 4.98 Å². The Morgan fingerprint density at radius 3 is 2.61 bits per heavy atom. The van der Waals surface area contributed by atoms with Crippen LogP contribution in [0.2, 0.25) is 0 Å². The molecular formula is C21H18N2O4S. The van der Waals surface area contributed by atoms with E-state index in [2.05, 4.69) is 10.3 Å². The number of nitrogens with one attached hydrogen (secondary N) is 1. The van der Waals surface area contributed by atoms with E-state index in [1.165, 1.54) is 31.4 Å². The standard InChI is InChI=1S/C21H18N2O4S/c1-14(24)27-18-10-8-15(12-19(18)26-2)9-11-20(25)23-21-22-17(13-28-21)16-6-4-3-5-7-16/h3-13H,1-2H3,(H,22,23,25)/b11-9+. The van der Waals surface area contributed by atoms with Gasteiger partial charge in [-0.05, 0) is 23.8 Å². The zero-order chi connectivity index (χ0) is 19.9. The maximum absolute atomic E-state index is 12.2. The van der Waals surface area contributed by atoms with Crippen molar-refractivity contribution in [1.29, 1.82) is 0 Å². The molecule has 1 amide bonds. The second kappa shape index (κ2) is 8.96. The van der Waals surface area contributed by atoms with Crippen molar-refractivity contribution in [3.8, 4) is 22.8 Å². The van der Waals surface area contributed by atoms with E-state index in [1.807, 2.05) is 35.7 Å². The first-order valence-electron chi connectivity index (χ1n) is 8.41. The van der Waals surface area contributed by atoms with Crippen molar-refractivity contribution in [2.45, 2.75) is 6.92 Å². The number of anilines is 1. The molecule has 0 unspecified atom stereocenters. The summed E-state index contributed by atoms with van der Waals surface area (Å²) in [7, 11) is 1.48. The van der Waals surface area contributed by atoms with E-state index in [-0.39, 0.29) is 5.91 Å². The van der Waals surface area contributed by atoms with Gasteiger partial charge in [-0.3, -0.25) is 14.9 Å². The summed E-state index contributed by atoms with van der Waals surface area (Å²) in [5.74, 6) is 0.00861. The van der Waals surface area contributed by atoms with Crippen molar-refractivity contribution in [3.63, 3.8) is 0 Å². The van der Waals surface area contributed by atoms with E-state index in [4.69, 9.17) is 9.47 Å². The van der Waals surface area contributed by atoms with Crippen LogP contribution in [0.1, 0.15) is 12.5 Å². The molecule has 1 aromatic heterocycles. The van der Waals surface area contributed by atoms with E-state index in [9.17, 15) is 9.59 Å². The van der Waals surface area contributed by atoms with Gasteiger partial charge < -0.3 is 9.47 Å². The molecule has 2 aromatic carbocycles. The summed E-state index contributed by atoms with van der Waals surface area (Å²) in [6, 6.07) is 14.8. The molecular weight excluding hydrogens is 376 g/mol. The molecule has 7 heteroatoms. The van der Waals surface area contributed by atoms with Crippen molar-refractivity contribution in [1.82, 2.24) is 4.98 Å². The topological polar surface area (TPSA) is 77.5 Å². The lowest BCUT2D eigenvalue weighted by molar-refractivity contribution is -0.132. The summed E-state index contributed by atoms with van der Waals surface area (Å²) in [6.07, 6.45) is 3.05. The van der Waals surface area contributed by atoms with Crippen molar-refractivity contribution in [2.24, 2.45) is 0 Å². The highest BCUT2D eigenvalue weighted by molar-refractivity contribution is 7.14. The fourth-order valence-corrected chi connectivity index (χ4v) is 3.14. The van der Waals surface area contributed by atoms with Crippen molar-refractivity contribution in [2.75, 3.05) is 12.4 Å². The Kier molecular flexibility index (Phi) is 6.18. The maximum atomic E-state index is 12.2. The first-order chi connectivity index (χ1) is 13.5. The van der Waals surface area contributed by atoms with Crippen LogP contribution in [0.5, 0.6) is 11.5 Å². The molecule has 0 fully saturated rings. The van der Waals surface area contributed by atoms with Gasteiger partial charge in [0.05, 0.1) is 12.8 Å². The highest BCUT2D eigenvalue weighted by atomic mass is 32.1. The molecule has 0 radical (unpaired) electrons. The van der Waals surface area contributed by atoms with Gasteiger partial charge in [0.1, 0.15) is 0 Å². The largest absolute Gasteiger partial charge is 0.493 e. The van der Waals surface area contributed by atoms with E-state index < -0.39 is 5.97 Å². The predicted molar refractivity (Wildman–Crippen MR) is 110 cm³/mol. The number of ether oxygens (including phenoxy) is 2. The zero-order valence-corrected chi connectivity index (χ0v) is 16.2. The lowest BCUT2D eigenvalue weighted by atomic mass is 10.2. The van der Waals surface area contributed by atoms with Crippen LogP contribution in [0.25, 0.3) is 17.3 Å². The SMILES string of the molecule is COc1cc(/C=C/C(=O)Nc2nc(-c3ccccc3)cs2)ccc1OC(C)=O. The Hall–Kier alpha value is -3.45. The molecule has 0 aliphatic carbocycles. The second-order valence-electron chi connectivity index (χ2n) is 5.73. The second-order valence-corrected chi connectivity index (χ2v) is 6.59. The van der Waals surface area contributed by atoms with Gasteiger partial charge in [0, 0.05) is 23.9 Å². The number of carbonyl (C=O) groups is 2. The van der Waals surface area contributed by atoms with Crippen LogP contribution in [0.4, 0.5) is 5.13 Å². The average molecular weight is 394 g/mol. The molecule has 0 spiro atoms. The Morgan fingerprint density at radius 1 is 1.11 bits per heavy atom. The van der Waals surface area contributed by atoms with Gasteiger partial charge in [-0.15, -0.1) is 11.3 Å². The molecule has 1 heterocycles. The molecule has 0 bridgehead atoms. The Bertz CT molecular complexity index is 1010. The smallest absolute Gasteiger partial charge is 0.308 e. The highest BCUT2D eigenvalue weighted by Crippen LogP contribution is 2.29. The molecule has 0 aliphatic heterocycles. The fourth-order valence-electron chi connectivity index (χ4n) is 2.42. The number of amides is 1. The average Bonchev–Trinajstić information content (AvgIpc) is 3.16. The van der Waals surface area contributed by atoms with E-state index in [1.54, 1.807) is 24.3 Å². The number of hydrogen-bond donors (Lipinski definition) is 1. The number of aromatic nitrogens is 1. The van der Waals surface area contributed by atoms with Crippen LogP contribution in [-0.4, -0.2) is 24.0 Å². The van der Waals surface area contributed by atoms with Crippen LogP contribution in [0.3, 0.4) is 0 Å². The molecule has 0 saturated carbocycles. The Morgan fingerprint density at radius 2 is 1.89 bits per heavy atom. The summed E-state index contributed by atoms with van der Waals surface area (Å²) in [5, 5.41) is 5.17. The monoisotopic (exact) mass is 394 g/mol. The van der Waals surface area contributed by atoms with Crippen molar-refractivity contribution < 1.29 is 19.1 Å². The number of thiazole rings is 1. The fraction of sp³-hybridized carbons (Fsp3) is 0.0952. The minimum absolute atomic E-state index is 0.294. The van der Waals surface area contributed by atoms with E-state index >= 15 is 0 Å². The van der Waals surface area contributed by atoms with Gasteiger partial charge in [-0.1, -0.05) is 36.4 Å². The minimum Gasteiger partial charge on any atom is -0.493 e. The van der Waals surface area contributed by atoms with E-state index in [0.29, 0.717) is 16.6 Å². The molecule has 0 atom stereocenters. The molecule has 28 heavy (non-hydrogen) atoms. The first-order valence-corrected chi connectivity index (χ1v) is 9.29. The zero-order valence-electron chi connectivity index (χ0n) is 15.3. The van der Waals surface area contributed by atoms with Gasteiger partial charge in [0.15, 0.2) is 16.6 Å². The maximum Gasteiger partial charge on any atom is 0.308 e. The third-order valence-electron chi connectivity index (χ3n) is 3.67.